The Kier molecular flexibility index (Phi) is 5.80. The van der Waals surface area contributed by atoms with Gasteiger partial charge in [0, 0.05) is 17.8 Å². The van der Waals surface area contributed by atoms with Gasteiger partial charge >= 0.3 is 0 Å². The molecule has 0 aliphatic heterocycles. The van der Waals surface area contributed by atoms with Crippen molar-refractivity contribution in [3.8, 4) is 11.5 Å². The summed E-state index contributed by atoms with van der Waals surface area (Å²) in [6.07, 6.45) is 2.04. The number of methoxy groups -OCH3 is 2. The van der Waals surface area contributed by atoms with Crippen LogP contribution in [0.15, 0.2) is 42.5 Å². The number of ether oxygens (including phenoxy) is 2. The van der Waals surface area contributed by atoms with Crippen LogP contribution < -0.4 is 25.4 Å². The maximum absolute atomic E-state index is 12.3. The molecule has 7 nitrogen and oxygen atoms in total. The predicted molar refractivity (Wildman–Crippen MR) is 104 cm³/mol. The van der Waals surface area contributed by atoms with Gasteiger partial charge in [-0.15, -0.1) is 0 Å². The van der Waals surface area contributed by atoms with E-state index in [4.69, 9.17) is 9.47 Å². The van der Waals surface area contributed by atoms with Crippen LogP contribution in [0.5, 0.6) is 11.5 Å². The van der Waals surface area contributed by atoms with Crippen LogP contribution in [0.2, 0.25) is 0 Å². The SMILES string of the molecule is COc1ccc(NC(=O)CNc2ccccc2C(=O)NC2CC2)c(OC)c1. The van der Waals surface area contributed by atoms with E-state index in [2.05, 4.69) is 16.0 Å². The minimum Gasteiger partial charge on any atom is -0.497 e. The highest BCUT2D eigenvalue weighted by atomic mass is 16.5. The number of rotatable bonds is 8. The number of nitrogens with one attached hydrogen (secondary N) is 3. The van der Waals surface area contributed by atoms with Gasteiger partial charge < -0.3 is 25.4 Å². The normalized spacial score (nSPS) is 12.8. The highest BCUT2D eigenvalue weighted by Crippen LogP contribution is 2.29. The summed E-state index contributed by atoms with van der Waals surface area (Å²) in [5.74, 6) is 0.763. The van der Waals surface area contributed by atoms with E-state index < -0.39 is 0 Å². The summed E-state index contributed by atoms with van der Waals surface area (Å²) in [5.41, 5.74) is 1.69. The van der Waals surface area contributed by atoms with E-state index in [1.54, 1.807) is 43.5 Å². The minimum atomic E-state index is -0.254. The number of carbonyl (C=O) groups is 2. The van der Waals surface area contributed by atoms with Crippen molar-refractivity contribution in [2.45, 2.75) is 18.9 Å². The van der Waals surface area contributed by atoms with Gasteiger partial charge in [0.1, 0.15) is 11.5 Å². The van der Waals surface area contributed by atoms with Crippen molar-refractivity contribution in [1.29, 1.82) is 0 Å². The zero-order valence-corrected chi connectivity index (χ0v) is 15.4. The average molecular weight is 369 g/mol. The molecule has 0 radical (unpaired) electrons. The third kappa shape index (κ3) is 4.91. The second kappa shape index (κ2) is 8.44. The summed E-state index contributed by atoms with van der Waals surface area (Å²) in [7, 11) is 3.09. The Bertz CT molecular complexity index is 834. The molecule has 7 heteroatoms. The molecule has 3 rings (SSSR count). The molecule has 1 aliphatic carbocycles. The number of amides is 2. The topological polar surface area (TPSA) is 88.7 Å². The minimum absolute atomic E-state index is 0.0168. The Morgan fingerprint density at radius 1 is 1.04 bits per heavy atom. The van der Waals surface area contributed by atoms with E-state index in [-0.39, 0.29) is 24.4 Å². The standard InChI is InChI=1S/C20H23N3O4/c1-26-14-9-10-17(18(11-14)27-2)23-19(24)12-21-16-6-4-3-5-15(16)20(25)22-13-7-8-13/h3-6,9-11,13,21H,7-8,12H2,1-2H3,(H,22,25)(H,23,24). The zero-order valence-electron chi connectivity index (χ0n) is 15.4. The summed E-state index contributed by atoms with van der Waals surface area (Å²) in [4.78, 5) is 24.6. The third-order valence-electron chi connectivity index (χ3n) is 4.21. The Labute approximate surface area is 158 Å². The molecule has 0 bridgehead atoms. The van der Waals surface area contributed by atoms with Gasteiger partial charge in [-0.1, -0.05) is 12.1 Å². The molecular weight excluding hydrogens is 346 g/mol. The van der Waals surface area contributed by atoms with Crippen LogP contribution in [0.25, 0.3) is 0 Å². The lowest BCUT2D eigenvalue weighted by atomic mass is 10.1. The first-order valence-corrected chi connectivity index (χ1v) is 8.76. The van der Waals surface area contributed by atoms with Crippen LogP contribution in [-0.4, -0.2) is 38.6 Å². The van der Waals surface area contributed by atoms with E-state index in [0.717, 1.165) is 12.8 Å². The summed E-state index contributed by atoms with van der Waals surface area (Å²) in [6.45, 7) is 0.0168. The Hall–Kier alpha value is -3.22. The van der Waals surface area contributed by atoms with Crippen molar-refractivity contribution >= 4 is 23.2 Å². The first-order chi connectivity index (χ1) is 13.1. The average Bonchev–Trinajstić information content (AvgIpc) is 3.50. The molecule has 27 heavy (non-hydrogen) atoms. The second-order valence-corrected chi connectivity index (χ2v) is 6.26. The lowest BCUT2D eigenvalue weighted by Gasteiger charge is -2.14. The molecule has 1 aliphatic rings. The molecule has 1 fully saturated rings. The molecular formula is C20H23N3O4. The van der Waals surface area contributed by atoms with Gasteiger partial charge in [0.15, 0.2) is 0 Å². The predicted octanol–water partition coefficient (Wildman–Crippen LogP) is 2.65. The maximum Gasteiger partial charge on any atom is 0.253 e. The molecule has 0 atom stereocenters. The van der Waals surface area contributed by atoms with Crippen LogP contribution in [0.4, 0.5) is 11.4 Å². The molecule has 0 aromatic heterocycles. The van der Waals surface area contributed by atoms with Crippen LogP contribution >= 0.6 is 0 Å². The molecule has 3 N–H and O–H groups in total. The van der Waals surface area contributed by atoms with Gasteiger partial charge in [0.25, 0.3) is 5.91 Å². The fourth-order valence-corrected chi connectivity index (χ4v) is 2.60. The Balaban J connectivity index is 1.62. The van der Waals surface area contributed by atoms with Crippen molar-refractivity contribution in [3.05, 3.63) is 48.0 Å². The van der Waals surface area contributed by atoms with Crippen LogP contribution in [0.1, 0.15) is 23.2 Å². The molecule has 0 heterocycles. The lowest BCUT2D eigenvalue weighted by Crippen LogP contribution is -2.27. The highest BCUT2D eigenvalue weighted by molar-refractivity contribution is 6.01. The largest absolute Gasteiger partial charge is 0.497 e. The summed E-state index contributed by atoms with van der Waals surface area (Å²) in [6, 6.07) is 12.6. The number of carbonyl (C=O) groups excluding carboxylic acids is 2. The molecule has 0 unspecified atom stereocenters. The molecule has 0 spiro atoms. The van der Waals surface area contributed by atoms with Gasteiger partial charge in [-0.25, -0.2) is 0 Å². The third-order valence-corrected chi connectivity index (χ3v) is 4.21. The number of para-hydroxylation sites is 1. The van der Waals surface area contributed by atoms with Crippen molar-refractivity contribution in [2.24, 2.45) is 0 Å². The number of hydrogen-bond acceptors (Lipinski definition) is 5. The van der Waals surface area contributed by atoms with E-state index >= 15 is 0 Å². The molecule has 2 aromatic rings. The van der Waals surface area contributed by atoms with Crippen molar-refractivity contribution in [2.75, 3.05) is 31.4 Å². The number of benzene rings is 2. The number of anilines is 2. The summed E-state index contributed by atoms with van der Waals surface area (Å²) < 4.78 is 10.4. The summed E-state index contributed by atoms with van der Waals surface area (Å²) in [5, 5.41) is 8.78. The van der Waals surface area contributed by atoms with Crippen LogP contribution in [0.3, 0.4) is 0 Å². The molecule has 2 amide bonds. The van der Waals surface area contributed by atoms with E-state index in [1.807, 2.05) is 6.07 Å². The fourth-order valence-electron chi connectivity index (χ4n) is 2.60. The maximum atomic E-state index is 12.3. The fraction of sp³-hybridized carbons (Fsp3) is 0.300. The smallest absolute Gasteiger partial charge is 0.253 e. The van der Waals surface area contributed by atoms with Crippen LogP contribution in [-0.2, 0) is 4.79 Å². The molecule has 0 saturated heterocycles. The highest BCUT2D eigenvalue weighted by Gasteiger charge is 2.24. The van der Waals surface area contributed by atoms with Gasteiger partial charge in [-0.05, 0) is 37.1 Å². The monoisotopic (exact) mass is 369 g/mol. The first-order valence-electron chi connectivity index (χ1n) is 8.76. The first kappa shape index (κ1) is 18.6. The van der Waals surface area contributed by atoms with Crippen molar-refractivity contribution in [1.82, 2.24) is 5.32 Å². The zero-order chi connectivity index (χ0) is 19.2. The Morgan fingerprint density at radius 3 is 2.52 bits per heavy atom. The van der Waals surface area contributed by atoms with E-state index in [1.165, 1.54) is 7.11 Å². The molecule has 2 aromatic carbocycles. The van der Waals surface area contributed by atoms with Gasteiger partial charge in [0.05, 0.1) is 32.0 Å². The lowest BCUT2D eigenvalue weighted by molar-refractivity contribution is -0.114. The van der Waals surface area contributed by atoms with Crippen molar-refractivity contribution < 1.29 is 19.1 Å². The second-order valence-electron chi connectivity index (χ2n) is 6.26. The number of hydrogen-bond donors (Lipinski definition) is 3. The summed E-state index contributed by atoms with van der Waals surface area (Å²) >= 11 is 0. The van der Waals surface area contributed by atoms with Gasteiger partial charge in [0.2, 0.25) is 5.91 Å². The quantitative estimate of drug-likeness (QED) is 0.666. The Morgan fingerprint density at radius 2 is 1.81 bits per heavy atom. The van der Waals surface area contributed by atoms with Gasteiger partial charge in [-0.3, -0.25) is 9.59 Å². The van der Waals surface area contributed by atoms with Gasteiger partial charge in [-0.2, -0.15) is 0 Å². The van der Waals surface area contributed by atoms with Crippen molar-refractivity contribution in [3.63, 3.8) is 0 Å². The van der Waals surface area contributed by atoms with E-state index in [0.29, 0.717) is 28.4 Å². The van der Waals surface area contributed by atoms with Crippen LogP contribution in [0, 0.1) is 0 Å². The molecule has 142 valence electrons. The van der Waals surface area contributed by atoms with E-state index in [9.17, 15) is 9.59 Å². The molecule has 1 saturated carbocycles.